The van der Waals surface area contributed by atoms with E-state index in [1.165, 1.54) is 38.6 Å². The predicted molar refractivity (Wildman–Crippen MR) is 117 cm³/mol. The van der Waals surface area contributed by atoms with Gasteiger partial charge in [0.2, 0.25) is 0 Å². The van der Waals surface area contributed by atoms with Crippen molar-refractivity contribution >= 4 is 41.3 Å². The van der Waals surface area contributed by atoms with Crippen molar-refractivity contribution in [1.82, 2.24) is 20.1 Å². The van der Waals surface area contributed by atoms with Crippen molar-refractivity contribution in [3.05, 3.63) is 16.1 Å². The molecule has 1 rings (SSSR count). The maximum atomic E-state index is 4.51. The molecule has 0 aliphatic carbocycles. The van der Waals surface area contributed by atoms with Crippen LogP contribution in [0.1, 0.15) is 42.8 Å². The molecule has 0 radical (unpaired) electrons. The van der Waals surface area contributed by atoms with Gasteiger partial charge in [0.1, 0.15) is 0 Å². The third-order valence-electron chi connectivity index (χ3n) is 3.70. The molecule has 1 aromatic heterocycles. The average molecular weight is 467 g/mol. The van der Waals surface area contributed by atoms with Crippen LogP contribution in [0.25, 0.3) is 0 Å². The number of aromatic nitrogens is 1. The lowest BCUT2D eigenvalue weighted by molar-refractivity contribution is 0.389. The van der Waals surface area contributed by atoms with Crippen molar-refractivity contribution in [1.29, 1.82) is 0 Å². The third-order valence-corrected chi connectivity index (χ3v) is 4.53. The largest absolute Gasteiger partial charge is 0.356 e. The minimum absolute atomic E-state index is 0. The van der Waals surface area contributed by atoms with Gasteiger partial charge in [0.05, 0.1) is 17.2 Å². The minimum atomic E-state index is 0. The molecular formula is C17H34IN5S. The van der Waals surface area contributed by atoms with Gasteiger partial charge in [0.15, 0.2) is 5.96 Å². The molecule has 1 N–H and O–H groups in total. The van der Waals surface area contributed by atoms with Crippen molar-refractivity contribution in [2.75, 3.05) is 41.3 Å². The van der Waals surface area contributed by atoms with E-state index in [1.54, 1.807) is 11.3 Å². The van der Waals surface area contributed by atoms with E-state index in [9.17, 15) is 0 Å². The quantitative estimate of drug-likeness (QED) is 0.247. The topological polar surface area (TPSA) is 43.8 Å². The summed E-state index contributed by atoms with van der Waals surface area (Å²) in [6, 6.07) is 0. The number of unbranched alkanes of at least 4 members (excludes halogenated alkanes) is 4. The average Bonchev–Trinajstić information content (AvgIpc) is 2.90. The molecular weight excluding hydrogens is 433 g/mol. The molecule has 0 atom stereocenters. The summed E-state index contributed by atoms with van der Waals surface area (Å²) >= 11 is 1.70. The van der Waals surface area contributed by atoms with Gasteiger partial charge >= 0.3 is 0 Å². The highest BCUT2D eigenvalue weighted by Gasteiger charge is 2.08. The summed E-state index contributed by atoms with van der Waals surface area (Å²) in [5.41, 5.74) is 1.11. The molecule has 7 heteroatoms. The molecule has 0 aromatic carbocycles. The maximum absolute atomic E-state index is 4.51. The van der Waals surface area contributed by atoms with Crippen molar-refractivity contribution in [3.8, 4) is 0 Å². The molecule has 0 bridgehead atoms. The van der Waals surface area contributed by atoms with E-state index in [2.05, 4.69) is 51.6 Å². The van der Waals surface area contributed by atoms with Crippen LogP contribution in [0.2, 0.25) is 0 Å². The number of halogens is 1. The Labute approximate surface area is 169 Å². The van der Waals surface area contributed by atoms with Crippen LogP contribution in [0.5, 0.6) is 0 Å². The van der Waals surface area contributed by atoms with Gasteiger partial charge in [-0.1, -0.05) is 19.3 Å². The first-order chi connectivity index (χ1) is 11.0. The molecule has 140 valence electrons. The second-order valence-electron chi connectivity index (χ2n) is 6.26. The number of nitrogens with one attached hydrogen (secondary N) is 1. The zero-order valence-corrected chi connectivity index (χ0v) is 19.0. The lowest BCUT2D eigenvalue weighted by Crippen LogP contribution is -2.38. The fraction of sp³-hybridized carbons (Fsp3) is 0.765. The minimum Gasteiger partial charge on any atom is -0.356 e. The molecule has 0 aliphatic rings. The fourth-order valence-electron chi connectivity index (χ4n) is 2.47. The molecule has 0 aliphatic heterocycles. The standard InChI is InChI=1S/C17H33N5S.HI/c1-15-20-16(14-23-15)13-22(5)17(18-2)19-11-9-7-6-8-10-12-21(3)4;/h14H,6-13H2,1-5H3,(H,18,19);1H. The van der Waals surface area contributed by atoms with Crippen LogP contribution < -0.4 is 5.32 Å². The van der Waals surface area contributed by atoms with E-state index in [1.807, 2.05) is 14.0 Å². The first-order valence-electron chi connectivity index (χ1n) is 8.50. The van der Waals surface area contributed by atoms with Crippen molar-refractivity contribution in [2.45, 2.75) is 45.6 Å². The number of hydrogen-bond donors (Lipinski definition) is 1. The molecule has 0 unspecified atom stereocenters. The van der Waals surface area contributed by atoms with Crippen LogP contribution in [0, 0.1) is 6.92 Å². The molecule has 0 amide bonds. The SMILES string of the molecule is CN=C(NCCCCCCCN(C)C)N(C)Cc1csc(C)n1.I. The Morgan fingerprint density at radius 1 is 1.17 bits per heavy atom. The molecule has 5 nitrogen and oxygen atoms in total. The van der Waals surface area contributed by atoms with Crippen LogP contribution in [0.3, 0.4) is 0 Å². The van der Waals surface area contributed by atoms with Gasteiger partial charge in [-0.3, -0.25) is 4.99 Å². The molecule has 0 saturated carbocycles. The number of guanidine groups is 1. The number of rotatable bonds is 10. The Hall–Kier alpha value is -0.410. The lowest BCUT2D eigenvalue weighted by Gasteiger charge is -2.21. The summed E-state index contributed by atoms with van der Waals surface area (Å²) in [5.74, 6) is 0.947. The predicted octanol–water partition coefficient (Wildman–Crippen LogP) is 3.59. The first-order valence-corrected chi connectivity index (χ1v) is 9.38. The molecule has 0 spiro atoms. The number of hydrogen-bond acceptors (Lipinski definition) is 4. The van der Waals surface area contributed by atoms with Gasteiger partial charge in [0, 0.05) is 26.0 Å². The zero-order valence-electron chi connectivity index (χ0n) is 15.8. The highest BCUT2D eigenvalue weighted by molar-refractivity contribution is 14.0. The summed E-state index contributed by atoms with van der Waals surface area (Å²) in [5, 5.41) is 6.68. The van der Waals surface area contributed by atoms with Gasteiger partial charge in [-0.15, -0.1) is 35.3 Å². The third kappa shape index (κ3) is 10.5. The second kappa shape index (κ2) is 13.8. The number of aryl methyl sites for hydroxylation is 1. The summed E-state index contributed by atoms with van der Waals surface area (Å²) in [7, 11) is 8.18. The van der Waals surface area contributed by atoms with Gasteiger partial charge in [-0.2, -0.15) is 0 Å². The van der Waals surface area contributed by atoms with Crippen LogP contribution in [-0.2, 0) is 6.54 Å². The Kier molecular flexibility index (Phi) is 13.6. The lowest BCUT2D eigenvalue weighted by atomic mass is 10.1. The number of nitrogens with zero attached hydrogens (tertiary/aromatic N) is 4. The molecule has 1 aromatic rings. The Balaban J connectivity index is 0.00000529. The summed E-state index contributed by atoms with van der Waals surface area (Å²) in [6.07, 6.45) is 6.44. The summed E-state index contributed by atoms with van der Waals surface area (Å²) in [4.78, 5) is 13.3. The summed E-state index contributed by atoms with van der Waals surface area (Å²) in [6.45, 7) is 5.03. The molecule has 0 fully saturated rings. The highest BCUT2D eigenvalue weighted by Crippen LogP contribution is 2.09. The van der Waals surface area contributed by atoms with Crippen molar-refractivity contribution < 1.29 is 0 Å². The van der Waals surface area contributed by atoms with Gasteiger partial charge < -0.3 is 15.1 Å². The highest BCUT2D eigenvalue weighted by atomic mass is 127. The van der Waals surface area contributed by atoms with E-state index in [4.69, 9.17) is 0 Å². The van der Waals surface area contributed by atoms with Gasteiger partial charge in [-0.25, -0.2) is 4.98 Å². The molecule has 1 heterocycles. The Morgan fingerprint density at radius 2 is 1.83 bits per heavy atom. The smallest absolute Gasteiger partial charge is 0.193 e. The van der Waals surface area contributed by atoms with Crippen LogP contribution in [0.4, 0.5) is 0 Å². The van der Waals surface area contributed by atoms with Crippen LogP contribution >= 0.6 is 35.3 Å². The van der Waals surface area contributed by atoms with Crippen molar-refractivity contribution in [2.24, 2.45) is 4.99 Å². The Bertz CT molecular complexity index is 462. The first kappa shape index (κ1) is 23.6. The molecule has 24 heavy (non-hydrogen) atoms. The van der Waals surface area contributed by atoms with E-state index < -0.39 is 0 Å². The Morgan fingerprint density at radius 3 is 2.42 bits per heavy atom. The fourth-order valence-corrected chi connectivity index (χ4v) is 3.07. The zero-order chi connectivity index (χ0) is 17.1. The summed E-state index contributed by atoms with van der Waals surface area (Å²) < 4.78 is 0. The van der Waals surface area contributed by atoms with E-state index in [-0.39, 0.29) is 24.0 Å². The van der Waals surface area contributed by atoms with E-state index in [0.29, 0.717) is 0 Å². The number of thiazole rings is 1. The van der Waals surface area contributed by atoms with Crippen molar-refractivity contribution in [3.63, 3.8) is 0 Å². The maximum Gasteiger partial charge on any atom is 0.193 e. The van der Waals surface area contributed by atoms with E-state index in [0.717, 1.165) is 29.8 Å². The van der Waals surface area contributed by atoms with Crippen LogP contribution in [-0.4, -0.2) is 62.0 Å². The molecule has 0 saturated heterocycles. The van der Waals surface area contributed by atoms with Gasteiger partial charge in [-0.05, 0) is 40.4 Å². The van der Waals surface area contributed by atoms with E-state index >= 15 is 0 Å². The normalized spacial score (nSPS) is 11.5. The number of aliphatic imine (C=N–C) groups is 1. The second-order valence-corrected chi connectivity index (χ2v) is 7.32. The monoisotopic (exact) mass is 467 g/mol. The van der Waals surface area contributed by atoms with Gasteiger partial charge in [0.25, 0.3) is 0 Å². The van der Waals surface area contributed by atoms with Crippen LogP contribution in [0.15, 0.2) is 10.4 Å².